The van der Waals surface area contributed by atoms with Crippen LogP contribution in [0.3, 0.4) is 0 Å². The largest absolute Gasteiger partial charge is 0.312 e. The molecule has 4 nitrogen and oxygen atoms in total. The van der Waals surface area contributed by atoms with Crippen LogP contribution in [0.2, 0.25) is 0 Å². The van der Waals surface area contributed by atoms with Gasteiger partial charge in [-0.3, -0.25) is 9.78 Å². The zero-order chi connectivity index (χ0) is 17.8. The molecule has 0 fully saturated rings. The van der Waals surface area contributed by atoms with Crippen LogP contribution in [0.1, 0.15) is 23.7 Å². The third-order valence-corrected chi connectivity index (χ3v) is 4.82. The van der Waals surface area contributed by atoms with Crippen molar-refractivity contribution in [1.82, 2.24) is 9.97 Å². The molecule has 0 aliphatic carbocycles. The highest BCUT2D eigenvalue weighted by Crippen LogP contribution is 2.23. The lowest BCUT2D eigenvalue weighted by atomic mass is 10.1. The quantitative estimate of drug-likeness (QED) is 0.684. The van der Waals surface area contributed by atoms with Gasteiger partial charge >= 0.3 is 0 Å². The molecule has 0 bridgehead atoms. The summed E-state index contributed by atoms with van der Waals surface area (Å²) in [7, 11) is 0. The maximum atomic E-state index is 12.8. The topological polar surface area (TPSA) is 46.1 Å². The third kappa shape index (κ3) is 4.12. The third-order valence-electron chi connectivity index (χ3n) is 3.90. The molecule has 0 atom stereocenters. The monoisotopic (exact) mass is 351 g/mol. The van der Waals surface area contributed by atoms with Gasteiger partial charge in [0, 0.05) is 23.8 Å². The number of anilines is 1. The number of rotatable bonds is 5. The number of hydrogen-bond acceptors (Lipinski definition) is 4. The molecule has 0 spiro atoms. The zero-order valence-electron chi connectivity index (χ0n) is 14.7. The minimum Gasteiger partial charge on any atom is -0.312 e. The van der Waals surface area contributed by atoms with Crippen molar-refractivity contribution in [1.29, 1.82) is 0 Å². The van der Waals surface area contributed by atoms with Crippen LogP contribution >= 0.6 is 11.3 Å². The van der Waals surface area contributed by atoms with Gasteiger partial charge in [-0.1, -0.05) is 12.1 Å². The van der Waals surface area contributed by atoms with Crippen LogP contribution in [0.5, 0.6) is 0 Å². The van der Waals surface area contributed by atoms with Crippen LogP contribution in [-0.2, 0) is 11.2 Å². The summed E-state index contributed by atoms with van der Waals surface area (Å²) in [5, 5.41) is 2.79. The number of hydrogen-bond donors (Lipinski definition) is 0. The summed E-state index contributed by atoms with van der Waals surface area (Å²) in [6.07, 6.45) is 2.05. The van der Waals surface area contributed by atoms with Crippen molar-refractivity contribution in [2.75, 3.05) is 11.4 Å². The van der Waals surface area contributed by atoms with Crippen molar-refractivity contribution < 1.29 is 4.79 Å². The number of amides is 1. The first-order valence-corrected chi connectivity index (χ1v) is 9.19. The van der Waals surface area contributed by atoms with E-state index in [2.05, 4.69) is 28.2 Å². The molecule has 0 aliphatic heterocycles. The van der Waals surface area contributed by atoms with Gasteiger partial charge < -0.3 is 4.90 Å². The smallest absolute Gasteiger partial charge is 0.233 e. The molecule has 0 N–H and O–H groups in total. The van der Waals surface area contributed by atoms with E-state index in [1.807, 2.05) is 49.3 Å². The lowest BCUT2D eigenvalue weighted by molar-refractivity contribution is -0.118. The van der Waals surface area contributed by atoms with Crippen molar-refractivity contribution in [3.8, 4) is 10.7 Å². The van der Waals surface area contributed by atoms with Crippen molar-refractivity contribution in [3.05, 3.63) is 64.8 Å². The average Bonchev–Trinajstić information content (AvgIpc) is 3.04. The molecule has 0 saturated heterocycles. The first-order chi connectivity index (χ1) is 12.1. The highest BCUT2D eigenvalue weighted by molar-refractivity contribution is 7.13. The summed E-state index contributed by atoms with van der Waals surface area (Å²) >= 11 is 1.52. The van der Waals surface area contributed by atoms with Crippen molar-refractivity contribution >= 4 is 22.9 Å². The standard InChI is InChI=1S/C20H21N3OS/c1-4-23(17-10-14(2)9-15(3)11-17)19(24)12-16-13-25-20(22-16)18-7-5-6-8-21-18/h5-11,13H,4,12H2,1-3H3. The molecular formula is C20H21N3OS. The van der Waals surface area contributed by atoms with E-state index >= 15 is 0 Å². The molecule has 128 valence electrons. The van der Waals surface area contributed by atoms with Crippen LogP contribution in [0.15, 0.2) is 48.0 Å². The molecule has 1 aromatic carbocycles. The fraction of sp³-hybridized carbons (Fsp3) is 0.250. The Kier molecular flexibility index (Phi) is 5.24. The molecule has 5 heteroatoms. The summed E-state index contributed by atoms with van der Waals surface area (Å²) in [6, 6.07) is 12.0. The van der Waals surface area contributed by atoms with E-state index in [-0.39, 0.29) is 5.91 Å². The van der Waals surface area contributed by atoms with Crippen molar-refractivity contribution in [2.24, 2.45) is 0 Å². The minimum absolute atomic E-state index is 0.0605. The average molecular weight is 351 g/mol. The van der Waals surface area contributed by atoms with Gasteiger partial charge in [0.05, 0.1) is 17.8 Å². The second-order valence-corrected chi connectivity index (χ2v) is 6.88. The van der Waals surface area contributed by atoms with Crippen LogP contribution in [-0.4, -0.2) is 22.4 Å². The van der Waals surface area contributed by atoms with Crippen LogP contribution in [0.4, 0.5) is 5.69 Å². The lowest BCUT2D eigenvalue weighted by Gasteiger charge is -2.21. The Hall–Kier alpha value is -2.53. The van der Waals surface area contributed by atoms with Gasteiger partial charge in [-0.05, 0) is 56.2 Å². The highest BCUT2D eigenvalue weighted by atomic mass is 32.1. The predicted molar refractivity (Wildman–Crippen MR) is 103 cm³/mol. The Bertz CT molecular complexity index is 853. The van der Waals surface area contributed by atoms with Crippen LogP contribution < -0.4 is 4.90 Å². The number of carbonyl (C=O) groups is 1. The van der Waals surface area contributed by atoms with Gasteiger partial charge in [0.25, 0.3) is 0 Å². The molecule has 0 unspecified atom stereocenters. The maximum Gasteiger partial charge on any atom is 0.233 e. The summed E-state index contributed by atoms with van der Waals surface area (Å²) in [5.74, 6) is 0.0605. The summed E-state index contributed by atoms with van der Waals surface area (Å²) in [5.41, 5.74) is 4.90. The molecule has 3 aromatic rings. The van der Waals surface area contributed by atoms with E-state index in [0.717, 1.165) is 33.2 Å². The van der Waals surface area contributed by atoms with E-state index in [9.17, 15) is 4.79 Å². The molecular weight excluding hydrogens is 330 g/mol. The maximum absolute atomic E-state index is 12.8. The van der Waals surface area contributed by atoms with Gasteiger partial charge in [0.1, 0.15) is 5.01 Å². The molecule has 1 amide bonds. The zero-order valence-corrected chi connectivity index (χ0v) is 15.5. The highest BCUT2D eigenvalue weighted by Gasteiger charge is 2.17. The number of likely N-dealkylation sites (N-methyl/N-ethyl adjacent to an activating group) is 1. The second kappa shape index (κ2) is 7.57. The summed E-state index contributed by atoms with van der Waals surface area (Å²) in [4.78, 5) is 23.5. The Morgan fingerprint density at radius 3 is 2.56 bits per heavy atom. The first kappa shape index (κ1) is 17.3. The minimum atomic E-state index is 0.0605. The predicted octanol–water partition coefficient (Wildman–Crippen LogP) is 4.42. The van der Waals surface area contributed by atoms with Crippen molar-refractivity contribution in [2.45, 2.75) is 27.2 Å². The first-order valence-electron chi connectivity index (χ1n) is 8.31. The van der Waals surface area contributed by atoms with Gasteiger partial charge in [-0.15, -0.1) is 11.3 Å². The van der Waals surface area contributed by atoms with E-state index in [0.29, 0.717) is 13.0 Å². The summed E-state index contributed by atoms with van der Waals surface area (Å²) < 4.78 is 0. The number of thiazole rings is 1. The number of aryl methyl sites for hydroxylation is 2. The molecule has 25 heavy (non-hydrogen) atoms. The fourth-order valence-electron chi connectivity index (χ4n) is 2.85. The molecule has 2 aromatic heterocycles. The van der Waals surface area contributed by atoms with Gasteiger partial charge in [0.15, 0.2) is 0 Å². The molecule has 0 aliphatic rings. The number of aromatic nitrogens is 2. The number of pyridine rings is 1. The van der Waals surface area contributed by atoms with Gasteiger partial charge in [-0.25, -0.2) is 4.98 Å². The van der Waals surface area contributed by atoms with Gasteiger partial charge in [-0.2, -0.15) is 0 Å². The molecule has 2 heterocycles. The molecule has 3 rings (SSSR count). The number of carbonyl (C=O) groups excluding carboxylic acids is 1. The SMILES string of the molecule is CCN(C(=O)Cc1csc(-c2ccccn2)n1)c1cc(C)cc(C)c1. The lowest BCUT2D eigenvalue weighted by Crippen LogP contribution is -2.32. The Labute approximate surface area is 152 Å². The second-order valence-electron chi connectivity index (χ2n) is 6.02. The van der Waals surface area contributed by atoms with Gasteiger partial charge in [0.2, 0.25) is 5.91 Å². The Morgan fingerprint density at radius 1 is 1.16 bits per heavy atom. The van der Waals surface area contributed by atoms with Crippen LogP contribution in [0, 0.1) is 13.8 Å². The summed E-state index contributed by atoms with van der Waals surface area (Å²) in [6.45, 7) is 6.73. The fourth-order valence-corrected chi connectivity index (χ4v) is 3.65. The Morgan fingerprint density at radius 2 is 1.92 bits per heavy atom. The molecule has 0 saturated carbocycles. The van der Waals surface area contributed by atoms with E-state index < -0.39 is 0 Å². The van der Waals surface area contributed by atoms with E-state index in [4.69, 9.17) is 0 Å². The number of nitrogens with zero attached hydrogens (tertiary/aromatic N) is 3. The molecule has 0 radical (unpaired) electrons. The normalized spacial score (nSPS) is 10.7. The van der Waals surface area contributed by atoms with Crippen molar-refractivity contribution in [3.63, 3.8) is 0 Å². The van der Waals surface area contributed by atoms with E-state index in [1.165, 1.54) is 11.3 Å². The van der Waals surface area contributed by atoms with Crippen LogP contribution in [0.25, 0.3) is 10.7 Å². The number of benzene rings is 1. The van der Waals surface area contributed by atoms with E-state index in [1.54, 1.807) is 6.20 Å². The Balaban J connectivity index is 1.78.